The minimum Gasteiger partial charge on any atom is -0.310 e. The molecular formula is C14H25N3. The molecule has 0 saturated heterocycles. The van der Waals surface area contributed by atoms with Crippen LogP contribution in [0.15, 0.2) is 12.2 Å². The van der Waals surface area contributed by atoms with Crippen molar-refractivity contribution < 1.29 is 0 Å². The molecule has 1 heterocycles. The van der Waals surface area contributed by atoms with Crippen molar-refractivity contribution in [2.24, 2.45) is 7.05 Å². The predicted octanol–water partition coefficient (Wildman–Crippen LogP) is 3.04. The minimum atomic E-state index is 0.394. The van der Waals surface area contributed by atoms with E-state index in [0.29, 0.717) is 6.04 Å². The lowest BCUT2D eigenvalue weighted by Gasteiger charge is -2.18. The molecular weight excluding hydrogens is 210 g/mol. The van der Waals surface area contributed by atoms with Crippen molar-refractivity contribution in [3.63, 3.8) is 0 Å². The smallest absolute Gasteiger partial charge is 0.0644 e. The summed E-state index contributed by atoms with van der Waals surface area (Å²) in [5, 5.41) is 8.05. The summed E-state index contributed by atoms with van der Waals surface area (Å²) in [5.74, 6) is 0. The topological polar surface area (TPSA) is 29.9 Å². The summed E-state index contributed by atoms with van der Waals surface area (Å²) in [7, 11) is 2.01. The Bertz CT molecular complexity index is 390. The van der Waals surface area contributed by atoms with E-state index in [1.807, 2.05) is 11.7 Å². The average molecular weight is 235 g/mol. The van der Waals surface area contributed by atoms with E-state index >= 15 is 0 Å². The number of hydrogen-bond donors (Lipinski definition) is 1. The van der Waals surface area contributed by atoms with Crippen molar-refractivity contribution >= 4 is 0 Å². The van der Waals surface area contributed by atoms with E-state index in [2.05, 4.69) is 44.7 Å². The summed E-state index contributed by atoms with van der Waals surface area (Å²) in [6.45, 7) is 13.4. The molecule has 0 amide bonds. The fourth-order valence-corrected chi connectivity index (χ4v) is 2.28. The van der Waals surface area contributed by atoms with Gasteiger partial charge in [0, 0.05) is 24.3 Å². The molecule has 0 spiro atoms. The molecule has 0 aliphatic heterocycles. The maximum absolute atomic E-state index is 4.50. The van der Waals surface area contributed by atoms with Crippen LogP contribution in [0, 0.1) is 13.8 Å². The molecule has 0 radical (unpaired) electrons. The number of nitrogens with zero attached hydrogens (tertiary/aromatic N) is 2. The number of hydrogen-bond acceptors (Lipinski definition) is 2. The molecule has 1 rings (SSSR count). The molecule has 0 bridgehead atoms. The van der Waals surface area contributed by atoms with Crippen molar-refractivity contribution in [2.45, 2.75) is 46.6 Å². The Kier molecular flexibility index (Phi) is 4.94. The molecule has 0 fully saturated rings. The number of nitrogens with one attached hydrogen (secondary N) is 1. The highest BCUT2D eigenvalue weighted by molar-refractivity contribution is 5.28. The molecule has 0 aliphatic rings. The maximum atomic E-state index is 4.50. The molecule has 96 valence electrons. The van der Waals surface area contributed by atoms with Gasteiger partial charge in [-0.1, -0.05) is 12.5 Å². The van der Waals surface area contributed by atoms with Crippen LogP contribution in [-0.4, -0.2) is 16.3 Å². The second-order valence-electron chi connectivity index (χ2n) is 4.81. The van der Waals surface area contributed by atoms with Gasteiger partial charge < -0.3 is 5.32 Å². The molecule has 1 atom stereocenters. The number of rotatable bonds is 6. The summed E-state index contributed by atoms with van der Waals surface area (Å²) in [5.41, 5.74) is 5.00. The average Bonchev–Trinajstić information content (AvgIpc) is 2.49. The largest absolute Gasteiger partial charge is 0.310 e. The van der Waals surface area contributed by atoms with E-state index in [4.69, 9.17) is 0 Å². The number of aromatic nitrogens is 2. The van der Waals surface area contributed by atoms with Gasteiger partial charge in [0.05, 0.1) is 5.69 Å². The summed E-state index contributed by atoms with van der Waals surface area (Å²) in [6.07, 6.45) is 2.15. The van der Waals surface area contributed by atoms with E-state index in [1.54, 1.807) is 0 Å². The second-order valence-corrected chi connectivity index (χ2v) is 4.81. The van der Waals surface area contributed by atoms with Crippen LogP contribution in [0.4, 0.5) is 0 Å². The summed E-state index contributed by atoms with van der Waals surface area (Å²) in [4.78, 5) is 0. The molecule has 3 nitrogen and oxygen atoms in total. The first-order chi connectivity index (χ1) is 7.97. The molecule has 0 saturated carbocycles. The lowest BCUT2D eigenvalue weighted by Crippen LogP contribution is -2.22. The maximum Gasteiger partial charge on any atom is 0.0644 e. The van der Waals surface area contributed by atoms with Gasteiger partial charge in [-0.25, -0.2) is 0 Å². The Balaban J connectivity index is 2.92. The first-order valence-electron chi connectivity index (χ1n) is 6.35. The second kappa shape index (κ2) is 6.01. The van der Waals surface area contributed by atoms with Gasteiger partial charge >= 0.3 is 0 Å². The highest BCUT2D eigenvalue weighted by Crippen LogP contribution is 2.25. The van der Waals surface area contributed by atoms with Crippen LogP contribution in [0.5, 0.6) is 0 Å². The van der Waals surface area contributed by atoms with Gasteiger partial charge in [-0.15, -0.1) is 6.58 Å². The standard InChI is InChI=1S/C14H25N3/c1-7-15-13(9-8-10(2)3)14-11(4)16-17(6)12(14)5/h13,15H,2,7-9H2,1,3-6H3. The van der Waals surface area contributed by atoms with E-state index < -0.39 is 0 Å². The molecule has 1 unspecified atom stereocenters. The minimum absolute atomic E-state index is 0.394. The molecule has 1 aromatic rings. The molecule has 3 heteroatoms. The summed E-state index contributed by atoms with van der Waals surface area (Å²) < 4.78 is 1.97. The first-order valence-corrected chi connectivity index (χ1v) is 6.35. The van der Waals surface area contributed by atoms with Crippen LogP contribution in [0.2, 0.25) is 0 Å². The highest BCUT2D eigenvalue weighted by Gasteiger charge is 2.18. The lowest BCUT2D eigenvalue weighted by atomic mass is 9.98. The van der Waals surface area contributed by atoms with Crippen LogP contribution >= 0.6 is 0 Å². The zero-order chi connectivity index (χ0) is 13.0. The fraction of sp³-hybridized carbons (Fsp3) is 0.643. The Hall–Kier alpha value is -1.09. The Morgan fingerprint density at radius 1 is 1.47 bits per heavy atom. The molecule has 0 aromatic carbocycles. The third-order valence-corrected chi connectivity index (χ3v) is 3.22. The van der Waals surface area contributed by atoms with Gasteiger partial charge in [-0.3, -0.25) is 4.68 Å². The quantitative estimate of drug-likeness (QED) is 0.768. The van der Waals surface area contributed by atoms with Crippen molar-refractivity contribution in [1.29, 1.82) is 0 Å². The van der Waals surface area contributed by atoms with Gasteiger partial charge in [0.1, 0.15) is 0 Å². The van der Waals surface area contributed by atoms with E-state index in [9.17, 15) is 0 Å². The number of aryl methyl sites for hydroxylation is 2. The molecule has 0 aliphatic carbocycles. The van der Waals surface area contributed by atoms with Crippen molar-refractivity contribution in [1.82, 2.24) is 15.1 Å². The zero-order valence-corrected chi connectivity index (χ0v) is 11.8. The number of allylic oxidation sites excluding steroid dienone is 1. The Morgan fingerprint density at radius 3 is 2.53 bits per heavy atom. The third kappa shape index (κ3) is 3.43. The Labute approximate surface area is 105 Å². The van der Waals surface area contributed by atoms with Crippen LogP contribution < -0.4 is 5.32 Å². The van der Waals surface area contributed by atoms with Crippen LogP contribution in [-0.2, 0) is 7.05 Å². The van der Waals surface area contributed by atoms with Gasteiger partial charge in [0.15, 0.2) is 0 Å². The van der Waals surface area contributed by atoms with E-state index in [-0.39, 0.29) is 0 Å². The van der Waals surface area contributed by atoms with E-state index in [1.165, 1.54) is 16.8 Å². The van der Waals surface area contributed by atoms with Crippen LogP contribution in [0.1, 0.15) is 49.7 Å². The third-order valence-electron chi connectivity index (χ3n) is 3.22. The van der Waals surface area contributed by atoms with Crippen molar-refractivity contribution in [3.8, 4) is 0 Å². The SMILES string of the molecule is C=C(C)CCC(NCC)c1c(C)nn(C)c1C. The van der Waals surface area contributed by atoms with Crippen LogP contribution in [0.25, 0.3) is 0 Å². The first kappa shape index (κ1) is 14.0. The van der Waals surface area contributed by atoms with Crippen molar-refractivity contribution in [2.75, 3.05) is 6.54 Å². The van der Waals surface area contributed by atoms with Gasteiger partial charge in [-0.05, 0) is 40.2 Å². The summed E-state index contributed by atoms with van der Waals surface area (Å²) in [6, 6.07) is 0.394. The van der Waals surface area contributed by atoms with E-state index in [0.717, 1.165) is 25.1 Å². The molecule has 1 aromatic heterocycles. The Morgan fingerprint density at radius 2 is 2.12 bits per heavy atom. The van der Waals surface area contributed by atoms with Gasteiger partial charge in [0.25, 0.3) is 0 Å². The monoisotopic (exact) mass is 235 g/mol. The van der Waals surface area contributed by atoms with Crippen molar-refractivity contribution in [3.05, 3.63) is 29.1 Å². The molecule has 1 N–H and O–H groups in total. The summed E-state index contributed by atoms with van der Waals surface area (Å²) >= 11 is 0. The van der Waals surface area contributed by atoms with Gasteiger partial charge in [0.2, 0.25) is 0 Å². The normalized spacial score (nSPS) is 12.8. The van der Waals surface area contributed by atoms with Gasteiger partial charge in [-0.2, -0.15) is 5.10 Å². The fourth-order valence-electron chi connectivity index (χ4n) is 2.28. The lowest BCUT2D eigenvalue weighted by molar-refractivity contribution is 0.510. The van der Waals surface area contributed by atoms with Crippen LogP contribution in [0.3, 0.4) is 0 Å². The molecule has 17 heavy (non-hydrogen) atoms. The zero-order valence-electron chi connectivity index (χ0n) is 11.8. The highest BCUT2D eigenvalue weighted by atomic mass is 15.3. The predicted molar refractivity (Wildman–Crippen MR) is 73.1 cm³/mol.